The molecule has 2 aromatic rings. The SMILES string of the molecule is O=C1C[N+](CSCc2ccccc2)(c2ccccc2)C(=S)N1. The zero-order valence-corrected chi connectivity index (χ0v) is 13.7. The van der Waals surface area contributed by atoms with E-state index in [0.29, 0.717) is 16.1 Å². The molecule has 0 aliphatic carbocycles. The van der Waals surface area contributed by atoms with Crippen molar-refractivity contribution in [3.63, 3.8) is 0 Å². The van der Waals surface area contributed by atoms with Crippen molar-refractivity contribution in [3.05, 3.63) is 66.2 Å². The number of para-hydroxylation sites is 1. The first-order chi connectivity index (χ1) is 10.7. The topological polar surface area (TPSA) is 29.1 Å². The molecule has 1 atom stereocenters. The van der Waals surface area contributed by atoms with Crippen molar-refractivity contribution in [1.29, 1.82) is 0 Å². The first kappa shape index (κ1) is 15.2. The van der Waals surface area contributed by atoms with E-state index in [0.717, 1.165) is 17.3 Å². The van der Waals surface area contributed by atoms with Gasteiger partial charge in [-0.25, -0.2) is 4.48 Å². The maximum Gasteiger partial charge on any atom is 0.285 e. The maximum atomic E-state index is 11.9. The number of carbonyl (C=O) groups excluding carboxylic acids is 1. The average molecular weight is 329 g/mol. The van der Waals surface area contributed by atoms with Crippen LogP contribution >= 0.6 is 24.0 Å². The Labute approximate surface area is 139 Å². The van der Waals surface area contributed by atoms with Gasteiger partial charge in [-0.1, -0.05) is 60.3 Å². The lowest BCUT2D eigenvalue weighted by molar-refractivity contribution is -0.118. The van der Waals surface area contributed by atoms with Gasteiger partial charge in [-0.2, -0.15) is 0 Å². The van der Waals surface area contributed by atoms with Gasteiger partial charge in [0.1, 0.15) is 11.6 Å². The van der Waals surface area contributed by atoms with Crippen molar-refractivity contribution >= 4 is 40.7 Å². The summed E-state index contributed by atoms with van der Waals surface area (Å²) >= 11 is 7.26. The second kappa shape index (κ2) is 6.60. The molecule has 1 saturated heterocycles. The fourth-order valence-corrected chi connectivity index (χ4v) is 4.21. The molecule has 1 unspecified atom stereocenters. The Morgan fingerprint density at radius 2 is 1.68 bits per heavy atom. The van der Waals surface area contributed by atoms with Crippen LogP contribution in [0.3, 0.4) is 0 Å². The van der Waals surface area contributed by atoms with Crippen LogP contribution < -0.4 is 9.80 Å². The van der Waals surface area contributed by atoms with E-state index in [9.17, 15) is 4.79 Å². The molecule has 3 nitrogen and oxygen atoms in total. The Bertz CT molecular complexity index is 676. The molecule has 22 heavy (non-hydrogen) atoms. The van der Waals surface area contributed by atoms with Crippen LogP contribution in [0, 0.1) is 0 Å². The van der Waals surface area contributed by atoms with E-state index >= 15 is 0 Å². The van der Waals surface area contributed by atoms with Crippen LogP contribution in [-0.4, -0.2) is 23.4 Å². The van der Waals surface area contributed by atoms with Crippen LogP contribution in [0.5, 0.6) is 0 Å². The third-order valence-corrected chi connectivity index (χ3v) is 5.33. The number of rotatable bonds is 5. The molecule has 0 bridgehead atoms. The van der Waals surface area contributed by atoms with Gasteiger partial charge in [0.15, 0.2) is 6.54 Å². The monoisotopic (exact) mass is 329 g/mol. The Kier molecular flexibility index (Phi) is 4.57. The van der Waals surface area contributed by atoms with Gasteiger partial charge >= 0.3 is 0 Å². The molecule has 3 rings (SSSR count). The van der Waals surface area contributed by atoms with Gasteiger partial charge in [-0.15, -0.1) is 0 Å². The molecule has 1 heterocycles. The minimum atomic E-state index is -0.00540. The molecule has 1 fully saturated rings. The number of hydrogen-bond acceptors (Lipinski definition) is 3. The van der Waals surface area contributed by atoms with E-state index in [4.69, 9.17) is 12.2 Å². The van der Waals surface area contributed by atoms with Gasteiger partial charge in [0, 0.05) is 18.0 Å². The molecule has 0 spiro atoms. The molecule has 1 N–H and O–H groups in total. The number of thiocarbonyl (C=S) groups is 1. The number of amides is 1. The molecule has 1 amide bonds. The van der Waals surface area contributed by atoms with Gasteiger partial charge in [0.2, 0.25) is 0 Å². The zero-order chi connectivity index (χ0) is 15.4. The predicted octanol–water partition coefficient (Wildman–Crippen LogP) is 3.30. The second-order valence-electron chi connectivity index (χ2n) is 5.28. The lowest BCUT2D eigenvalue weighted by atomic mass is 10.2. The molecule has 5 heteroatoms. The highest BCUT2D eigenvalue weighted by molar-refractivity contribution is 7.98. The van der Waals surface area contributed by atoms with Gasteiger partial charge < -0.3 is 0 Å². The largest absolute Gasteiger partial charge is 0.285 e. The van der Waals surface area contributed by atoms with Crippen LogP contribution in [-0.2, 0) is 10.5 Å². The minimum absolute atomic E-state index is 0.00540. The summed E-state index contributed by atoms with van der Waals surface area (Å²) in [6.07, 6.45) is 0. The highest BCUT2D eigenvalue weighted by Crippen LogP contribution is 2.30. The minimum Gasteiger partial charge on any atom is -0.268 e. The summed E-state index contributed by atoms with van der Waals surface area (Å²) in [5.74, 6) is 1.65. The van der Waals surface area contributed by atoms with E-state index in [1.54, 1.807) is 11.8 Å². The Hall–Kier alpha value is -1.69. The molecule has 0 aromatic heterocycles. The maximum absolute atomic E-state index is 11.9. The summed E-state index contributed by atoms with van der Waals surface area (Å²) in [6.45, 7) is 0.380. The summed E-state index contributed by atoms with van der Waals surface area (Å²) in [5, 5.41) is 3.40. The molecular weight excluding hydrogens is 312 g/mol. The van der Waals surface area contributed by atoms with Gasteiger partial charge in [0.05, 0.1) is 0 Å². The molecule has 0 saturated carbocycles. The summed E-state index contributed by atoms with van der Waals surface area (Å²) in [6, 6.07) is 20.4. The van der Waals surface area contributed by atoms with Crippen LogP contribution in [0.15, 0.2) is 60.7 Å². The molecule has 2 aromatic carbocycles. The van der Waals surface area contributed by atoms with Crippen LogP contribution in [0.1, 0.15) is 5.56 Å². The summed E-state index contributed by atoms with van der Waals surface area (Å²) in [5.41, 5.74) is 2.34. The lowest BCUT2D eigenvalue weighted by Crippen LogP contribution is -2.51. The number of quaternary nitrogens is 1. The van der Waals surface area contributed by atoms with Crippen molar-refractivity contribution in [2.24, 2.45) is 0 Å². The van der Waals surface area contributed by atoms with Gasteiger partial charge in [-0.05, 0) is 17.7 Å². The zero-order valence-electron chi connectivity index (χ0n) is 12.1. The molecule has 0 radical (unpaired) electrons. The standard InChI is InChI=1S/C17H16N2OS2/c20-16-11-19(17(21)18-16,15-9-5-2-6-10-15)13-22-12-14-7-3-1-4-8-14/h1-10H,11-13H2/p+1. The summed E-state index contributed by atoms with van der Waals surface area (Å²) in [4.78, 5) is 11.9. The number of carbonyl (C=O) groups is 1. The van der Waals surface area contributed by atoms with E-state index in [1.165, 1.54) is 5.56 Å². The van der Waals surface area contributed by atoms with E-state index in [2.05, 4.69) is 17.4 Å². The number of nitrogens with one attached hydrogen (secondary N) is 1. The van der Waals surface area contributed by atoms with Crippen molar-refractivity contribution in [2.75, 3.05) is 12.4 Å². The quantitative estimate of drug-likeness (QED) is 0.674. The number of nitrogens with zero attached hydrogens (tertiary/aromatic N) is 1. The second-order valence-corrected chi connectivity index (χ2v) is 6.62. The molecule has 1 aliphatic rings. The number of benzene rings is 2. The van der Waals surface area contributed by atoms with Crippen molar-refractivity contribution in [1.82, 2.24) is 9.80 Å². The average Bonchev–Trinajstić information content (AvgIpc) is 2.84. The summed E-state index contributed by atoms with van der Waals surface area (Å²) < 4.78 is 0.409. The van der Waals surface area contributed by atoms with Crippen molar-refractivity contribution in [3.8, 4) is 0 Å². The van der Waals surface area contributed by atoms with Crippen LogP contribution in [0.25, 0.3) is 0 Å². The predicted molar refractivity (Wildman–Crippen MR) is 96.4 cm³/mol. The third kappa shape index (κ3) is 3.06. The third-order valence-electron chi connectivity index (χ3n) is 3.72. The van der Waals surface area contributed by atoms with E-state index in [-0.39, 0.29) is 5.91 Å². The fourth-order valence-electron chi connectivity index (χ4n) is 2.58. The highest BCUT2D eigenvalue weighted by atomic mass is 32.2. The Morgan fingerprint density at radius 3 is 2.27 bits per heavy atom. The van der Waals surface area contributed by atoms with Gasteiger partial charge in [0.25, 0.3) is 11.0 Å². The first-order valence-electron chi connectivity index (χ1n) is 7.09. The Morgan fingerprint density at radius 1 is 1.05 bits per heavy atom. The number of thioether (sulfide) groups is 1. The van der Waals surface area contributed by atoms with E-state index in [1.807, 2.05) is 48.5 Å². The Balaban J connectivity index is 1.78. The van der Waals surface area contributed by atoms with E-state index < -0.39 is 0 Å². The highest BCUT2D eigenvalue weighted by Gasteiger charge is 2.45. The van der Waals surface area contributed by atoms with Crippen molar-refractivity contribution < 1.29 is 4.79 Å². The summed E-state index contributed by atoms with van der Waals surface area (Å²) in [7, 11) is 0. The smallest absolute Gasteiger partial charge is 0.268 e. The van der Waals surface area contributed by atoms with Crippen molar-refractivity contribution in [2.45, 2.75) is 5.75 Å². The molecule has 112 valence electrons. The number of hydrogen-bond donors (Lipinski definition) is 1. The lowest BCUT2D eigenvalue weighted by Gasteiger charge is -2.30. The normalized spacial score (nSPS) is 20.9. The van der Waals surface area contributed by atoms with Crippen LogP contribution in [0.2, 0.25) is 0 Å². The first-order valence-corrected chi connectivity index (χ1v) is 8.66. The molecule has 1 aliphatic heterocycles. The van der Waals surface area contributed by atoms with Gasteiger partial charge in [-0.3, -0.25) is 10.1 Å². The van der Waals surface area contributed by atoms with Crippen LogP contribution in [0.4, 0.5) is 5.69 Å². The molecular formula is C17H17N2OS2+. The fraction of sp³-hybridized carbons (Fsp3) is 0.176.